The van der Waals surface area contributed by atoms with E-state index in [1.54, 1.807) is 0 Å². The van der Waals surface area contributed by atoms with Crippen LogP contribution < -0.4 is 14.5 Å². The summed E-state index contributed by atoms with van der Waals surface area (Å²) < 4.78 is 34.7. The molecule has 1 aliphatic heterocycles. The molecule has 0 bridgehead atoms. The van der Waals surface area contributed by atoms with Crippen molar-refractivity contribution in [2.24, 2.45) is 0 Å². The minimum Gasteiger partial charge on any atom is -0.509 e. The molecule has 0 radical (unpaired) electrons. The second-order valence-corrected chi connectivity index (χ2v) is 14.1. The first-order valence-corrected chi connectivity index (χ1v) is 18.8. The van der Waals surface area contributed by atoms with Gasteiger partial charge in [0.25, 0.3) is 0 Å². The minimum atomic E-state index is -0.164. The predicted octanol–water partition coefficient (Wildman–Crippen LogP) is 13.4. The van der Waals surface area contributed by atoms with E-state index in [1.807, 2.05) is 85.1 Å². The molecule has 0 aliphatic carbocycles. The van der Waals surface area contributed by atoms with Gasteiger partial charge in [0.05, 0.1) is 4.11 Å². The van der Waals surface area contributed by atoms with Crippen LogP contribution in [0.2, 0.25) is 0 Å². The summed E-state index contributed by atoms with van der Waals surface area (Å²) in [5.41, 5.74) is 10.4. The predicted molar refractivity (Wildman–Crippen MR) is 229 cm³/mol. The van der Waals surface area contributed by atoms with E-state index < -0.39 is 0 Å². The summed E-state index contributed by atoms with van der Waals surface area (Å²) in [4.78, 5) is 8.91. The Morgan fingerprint density at radius 1 is 0.632 bits per heavy atom. The molecule has 3 heterocycles. The quantitative estimate of drug-likeness (QED) is 0.142. The first-order chi connectivity index (χ1) is 28.9. The molecule has 57 heavy (non-hydrogen) atoms. The fourth-order valence-electron chi connectivity index (χ4n) is 7.61. The molecule has 0 saturated carbocycles. The van der Waals surface area contributed by atoms with Crippen molar-refractivity contribution in [1.82, 2.24) is 9.55 Å². The first kappa shape index (κ1) is 32.8. The number of ether oxygens (including phenoxy) is 1. The van der Waals surface area contributed by atoms with E-state index in [-0.39, 0.29) is 45.2 Å². The molecule has 0 spiro atoms. The number of benzene rings is 7. The third-order valence-corrected chi connectivity index (χ3v) is 10.3. The number of hydrogen-bond acceptors (Lipinski definition) is 4. The van der Waals surface area contributed by atoms with Crippen LogP contribution in [0.4, 0.5) is 22.7 Å². The third-order valence-electron chi connectivity index (χ3n) is 10.3. The Bertz CT molecular complexity index is 2990. The topological polar surface area (TPSA) is 33.5 Å². The van der Waals surface area contributed by atoms with E-state index in [9.17, 15) is 0 Å². The number of para-hydroxylation sites is 4. The summed E-state index contributed by atoms with van der Waals surface area (Å²) in [7, 11) is 0. The van der Waals surface area contributed by atoms with Crippen LogP contribution in [0.5, 0.6) is 11.5 Å². The molecule has 6 heteroatoms. The molecule has 1 aliphatic rings. The molecule has 5 nitrogen and oxygen atoms in total. The summed E-state index contributed by atoms with van der Waals surface area (Å²) in [6, 6.07) is 60.7. The average molecular weight is 920 g/mol. The molecule has 10 rings (SSSR count). The second-order valence-electron chi connectivity index (χ2n) is 14.1. The fraction of sp³-hybridized carbons (Fsp3) is 0.0588. The van der Waals surface area contributed by atoms with E-state index >= 15 is 0 Å². The molecule has 0 saturated heterocycles. The molecule has 0 fully saturated rings. The van der Waals surface area contributed by atoms with Gasteiger partial charge in [0.1, 0.15) is 5.82 Å². The smallest absolute Gasteiger partial charge is 0.135 e. The summed E-state index contributed by atoms with van der Waals surface area (Å²) in [5.74, 6) is 1.13. The standard InChI is InChI=1S/C51H37N4O.Pt/c1-35(2)38-29-30-52-50(31-38)55-46-24-10-9-21-44(46)45-28-27-41(33-49(45)55)56-40-20-13-19-39(32-40)53-34-54(48-26-12-11-25-47(48)53)51-42(36-15-5-3-6-16-36)22-14-23-43(51)37-17-7-4-8-18-37;/h3-31,34-35H,1-2H3;/q-3;/i29D,30D,31D;. The van der Waals surface area contributed by atoms with Crippen LogP contribution in [0.25, 0.3) is 49.9 Å². The van der Waals surface area contributed by atoms with Crippen molar-refractivity contribution in [3.8, 4) is 39.6 Å². The van der Waals surface area contributed by atoms with Gasteiger partial charge in [-0.05, 0) is 58.3 Å². The molecule has 7 aromatic carbocycles. The number of nitrogens with zero attached hydrogens (tertiary/aromatic N) is 4. The second kappa shape index (κ2) is 15.3. The van der Waals surface area contributed by atoms with Gasteiger partial charge >= 0.3 is 0 Å². The van der Waals surface area contributed by atoms with Gasteiger partial charge in [-0.3, -0.25) is 0 Å². The van der Waals surface area contributed by atoms with Crippen LogP contribution in [-0.4, -0.2) is 9.55 Å². The zero-order valence-electron chi connectivity index (χ0n) is 34.2. The van der Waals surface area contributed by atoms with Gasteiger partial charge in [-0.25, -0.2) is 4.98 Å². The molecular weight excluding hydrogens is 880 g/mol. The Kier molecular flexibility index (Phi) is 8.77. The van der Waals surface area contributed by atoms with E-state index in [0.29, 0.717) is 28.4 Å². The monoisotopic (exact) mass is 919 g/mol. The van der Waals surface area contributed by atoms with Gasteiger partial charge < -0.3 is 19.1 Å². The van der Waals surface area contributed by atoms with Crippen molar-refractivity contribution in [1.29, 1.82) is 0 Å². The summed E-state index contributed by atoms with van der Waals surface area (Å²) >= 11 is 0. The van der Waals surface area contributed by atoms with E-state index in [0.717, 1.165) is 61.3 Å². The number of pyridine rings is 1. The van der Waals surface area contributed by atoms with Crippen LogP contribution >= 0.6 is 0 Å². The minimum absolute atomic E-state index is 0. The van der Waals surface area contributed by atoms with E-state index in [2.05, 4.69) is 125 Å². The number of aromatic nitrogens is 2. The maximum absolute atomic E-state index is 9.16. The summed E-state index contributed by atoms with van der Waals surface area (Å²) in [6.07, 6.45) is -0.164. The van der Waals surface area contributed by atoms with Gasteiger partial charge in [0.2, 0.25) is 0 Å². The van der Waals surface area contributed by atoms with Crippen molar-refractivity contribution in [2.45, 2.75) is 19.8 Å². The molecule has 0 amide bonds. The first-order valence-electron chi connectivity index (χ1n) is 20.3. The van der Waals surface area contributed by atoms with Gasteiger partial charge in [0, 0.05) is 72.4 Å². The fourth-order valence-corrected chi connectivity index (χ4v) is 7.61. The average Bonchev–Trinajstić information content (AvgIpc) is 3.81. The van der Waals surface area contributed by atoms with Crippen molar-refractivity contribution in [3.63, 3.8) is 0 Å². The molecule has 2 aromatic heterocycles. The zero-order chi connectivity index (χ0) is 40.2. The Labute approximate surface area is 351 Å². The number of rotatable bonds is 8. The largest absolute Gasteiger partial charge is 0.509 e. The van der Waals surface area contributed by atoms with Crippen LogP contribution in [0, 0.1) is 18.8 Å². The third kappa shape index (κ3) is 6.58. The number of fused-ring (bicyclic) bond motifs is 4. The van der Waals surface area contributed by atoms with Crippen molar-refractivity contribution in [2.75, 3.05) is 9.80 Å². The van der Waals surface area contributed by atoms with Gasteiger partial charge in [-0.15, -0.1) is 48.1 Å². The van der Waals surface area contributed by atoms with Crippen molar-refractivity contribution >= 4 is 44.6 Å². The van der Waals surface area contributed by atoms with Gasteiger partial charge in [0.15, 0.2) is 0 Å². The Morgan fingerprint density at radius 2 is 1.26 bits per heavy atom. The van der Waals surface area contributed by atoms with Crippen LogP contribution in [0.15, 0.2) is 176 Å². The summed E-state index contributed by atoms with van der Waals surface area (Å²) in [6.45, 7) is 6.00. The molecule has 0 N–H and O–H groups in total. The number of hydrogen-bond donors (Lipinski definition) is 0. The molecule has 280 valence electrons. The van der Waals surface area contributed by atoms with E-state index in [4.69, 9.17) is 8.85 Å². The zero-order valence-corrected chi connectivity index (χ0v) is 33.5. The van der Waals surface area contributed by atoms with Crippen molar-refractivity contribution in [3.05, 3.63) is 200 Å². The van der Waals surface area contributed by atoms with Gasteiger partial charge in [-0.2, -0.15) is 12.1 Å². The SMILES string of the molecule is [2H]c1nc(-n2c3[c-]c(Oc4[c-]c(N5[CH-]N(c6c(-c7ccccc7)cccc6-c6ccccc6)c6ccccc65)ccc4)ccc3c3ccccc32)c([2H])c(C(C)C)c1[2H].[Pt]. The van der Waals surface area contributed by atoms with Crippen molar-refractivity contribution < 1.29 is 29.9 Å². The molecule has 9 aromatic rings. The van der Waals surface area contributed by atoms with E-state index in [1.165, 1.54) is 0 Å². The Morgan fingerprint density at radius 3 is 1.98 bits per heavy atom. The van der Waals surface area contributed by atoms with Gasteiger partial charge in [-0.1, -0.05) is 129 Å². The maximum Gasteiger partial charge on any atom is 0.135 e. The molecule has 0 atom stereocenters. The number of anilines is 4. The normalized spacial score (nSPS) is 13.0. The summed E-state index contributed by atoms with van der Waals surface area (Å²) in [5, 5.41) is 1.87. The Hall–Kier alpha value is -6.42. The Balaban J connectivity index is 0.00000462. The molecule has 0 unspecified atom stereocenters. The maximum atomic E-state index is 9.16. The van der Waals surface area contributed by atoms with Crippen LogP contribution in [0.1, 0.15) is 29.4 Å². The van der Waals surface area contributed by atoms with Crippen LogP contribution in [-0.2, 0) is 21.1 Å². The molecular formula is C51H37N4OPt-3. The van der Waals surface area contributed by atoms with Crippen LogP contribution in [0.3, 0.4) is 0 Å².